The molecule has 4 heteroatoms. The average molecular weight is 261 g/mol. The summed E-state index contributed by atoms with van der Waals surface area (Å²) in [6.07, 6.45) is 2.42. The number of amides is 1. The lowest BCUT2D eigenvalue weighted by molar-refractivity contribution is -0.116. The molecule has 1 amide bonds. The van der Waals surface area contributed by atoms with Crippen LogP contribution in [0.3, 0.4) is 0 Å². The highest BCUT2D eigenvalue weighted by Gasteiger charge is 2.14. The van der Waals surface area contributed by atoms with E-state index >= 15 is 0 Å². The molecule has 0 unspecified atom stereocenters. The molecule has 0 saturated heterocycles. The monoisotopic (exact) mass is 261 g/mol. The smallest absolute Gasteiger partial charge is 0.224 e. The van der Waals surface area contributed by atoms with Gasteiger partial charge in [-0.3, -0.25) is 4.79 Å². The lowest BCUT2D eigenvalue weighted by Gasteiger charge is -2.20. The first-order chi connectivity index (χ1) is 8.94. The zero-order valence-corrected chi connectivity index (χ0v) is 11.8. The summed E-state index contributed by atoms with van der Waals surface area (Å²) in [5, 5.41) is 6.27. The van der Waals surface area contributed by atoms with Crippen LogP contribution in [0.25, 0.3) is 0 Å². The Labute approximate surface area is 114 Å². The molecule has 0 aromatic heterocycles. The molecular formula is C15H23N3O. The van der Waals surface area contributed by atoms with E-state index in [0.717, 1.165) is 31.6 Å². The highest BCUT2D eigenvalue weighted by atomic mass is 16.1. The number of hydrogen-bond acceptors (Lipinski definition) is 3. The largest absolute Gasteiger partial charge is 0.326 e. The predicted octanol–water partition coefficient (Wildman–Crippen LogP) is 1.44. The molecule has 4 nitrogen and oxygen atoms in total. The third kappa shape index (κ3) is 4.33. The zero-order chi connectivity index (χ0) is 13.9. The van der Waals surface area contributed by atoms with E-state index in [2.05, 4.69) is 22.8 Å². The van der Waals surface area contributed by atoms with Gasteiger partial charge in [-0.05, 0) is 50.4 Å². The van der Waals surface area contributed by atoms with Crippen molar-refractivity contribution in [1.29, 1.82) is 0 Å². The first-order valence-electron chi connectivity index (χ1n) is 6.85. The van der Waals surface area contributed by atoms with Crippen LogP contribution in [0.15, 0.2) is 18.2 Å². The molecule has 1 heterocycles. The summed E-state index contributed by atoms with van der Waals surface area (Å²) in [5.41, 5.74) is 9.27. The third-order valence-corrected chi connectivity index (χ3v) is 3.24. The summed E-state index contributed by atoms with van der Waals surface area (Å²) >= 11 is 0. The molecule has 0 saturated carbocycles. The Balaban J connectivity index is 1.87. The maximum Gasteiger partial charge on any atom is 0.224 e. The number of carbonyl (C=O) groups is 1. The van der Waals surface area contributed by atoms with Crippen LogP contribution in [0.5, 0.6) is 0 Å². The van der Waals surface area contributed by atoms with Gasteiger partial charge in [0, 0.05) is 24.2 Å². The Hall–Kier alpha value is -1.39. The van der Waals surface area contributed by atoms with Gasteiger partial charge in [-0.1, -0.05) is 12.1 Å². The van der Waals surface area contributed by atoms with Gasteiger partial charge in [0.05, 0.1) is 0 Å². The van der Waals surface area contributed by atoms with Crippen LogP contribution in [0.1, 0.15) is 31.4 Å². The van der Waals surface area contributed by atoms with Crippen molar-refractivity contribution in [2.24, 2.45) is 5.73 Å². The molecule has 1 aromatic rings. The maximum absolute atomic E-state index is 11.3. The van der Waals surface area contributed by atoms with E-state index in [-0.39, 0.29) is 11.4 Å². The Morgan fingerprint density at radius 3 is 2.89 bits per heavy atom. The Bertz CT molecular complexity index is 463. The van der Waals surface area contributed by atoms with Crippen LogP contribution in [0, 0.1) is 0 Å². The van der Waals surface area contributed by atoms with Crippen molar-refractivity contribution >= 4 is 11.6 Å². The molecular weight excluding hydrogens is 238 g/mol. The van der Waals surface area contributed by atoms with Crippen molar-refractivity contribution in [3.63, 3.8) is 0 Å². The third-order valence-electron chi connectivity index (χ3n) is 3.24. The molecule has 104 valence electrons. The lowest BCUT2D eigenvalue weighted by atomic mass is 9.99. The van der Waals surface area contributed by atoms with Crippen molar-refractivity contribution < 1.29 is 4.79 Å². The summed E-state index contributed by atoms with van der Waals surface area (Å²) in [4.78, 5) is 11.3. The van der Waals surface area contributed by atoms with Gasteiger partial charge in [0.1, 0.15) is 0 Å². The number of anilines is 1. The molecule has 1 aromatic carbocycles. The molecule has 0 bridgehead atoms. The molecule has 19 heavy (non-hydrogen) atoms. The molecule has 1 aliphatic heterocycles. The average Bonchev–Trinajstić information content (AvgIpc) is 2.33. The van der Waals surface area contributed by atoms with Gasteiger partial charge in [-0.25, -0.2) is 0 Å². The second-order valence-corrected chi connectivity index (χ2v) is 5.96. The Morgan fingerprint density at radius 1 is 1.37 bits per heavy atom. The van der Waals surface area contributed by atoms with Gasteiger partial charge in [0.25, 0.3) is 0 Å². The maximum atomic E-state index is 11.3. The van der Waals surface area contributed by atoms with Gasteiger partial charge >= 0.3 is 0 Å². The van der Waals surface area contributed by atoms with Gasteiger partial charge in [-0.15, -0.1) is 0 Å². The number of fused-ring (bicyclic) bond motifs is 1. The van der Waals surface area contributed by atoms with Crippen molar-refractivity contribution in [3.05, 3.63) is 29.3 Å². The fourth-order valence-electron chi connectivity index (χ4n) is 2.24. The minimum absolute atomic E-state index is 0.118. The highest BCUT2D eigenvalue weighted by molar-refractivity contribution is 5.93. The van der Waals surface area contributed by atoms with Gasteiger partial charge in [0.2, 0.25) is 5.91 Å². The van der Waals surface area contributed by atoms with Crippen molar-refractivity contribution in [2.45, 2.75) is 38.6 Å². The molecule has 2 rings (SSSR count). The molecule has 0 aliphatic carbocycles. The van der Waals surface area contributed by atoms with Crippen LogP contribution < -0.4 is 16.4 Å². The zero-order valence-electron chi connectivity index (χ0n) is 11.8. The second-order valence-electron chi connectivity index (χ2n) is 5.96. The van der Waals surface area contributed by atoms with E-state index in [1.54, 1.807) is 0 Å². The minimum Gasteiger partial charge on any atom is -0.326 e. The fourth-order valence-corrected chi connectivity index (χ4v) is 2.24. The summed E-state index contributed by atoms with van der Waals surface area (Å²) in [6, 6.07) is 6.29. The number of nitrogens with two attached hydrogens (primary N) is 1. The number of nitrogens with one attached hydrogen (secondary N) is 2. The summed E-state index contributed by atoms with van der Waals surface area (Å²) in [5.74, 6) is 0.118. The number of aryl methyl sites for hydroxylation is 1. The SMILES string of the molecule is CC(C)(N)CNCCc1ccc2c(c1)CCC(=O)N2. The molecule has 4 N–H and O–H groups in total. The van der Waals surface area contributed by atoms with Gasteiger partial charge < -0.3 is 16.4 Å². The summed E-state index contributed by atoms with van der Waals surface area (Å²) in [6.45, 7) is 5.77. The Kier molecular flexibility index (Phi) is 4.22. The molecule has 0 atom stereocenters. The van der Waals surface area contributed by atoms with E-state index in [1.807, 2.05) is 19.9 Å². The number of hydrogen-bond donors (Lipinski definition) is 3. The van der Waals surface area contributed by atoms with E-state index in [4.69, 9.17) is 5.73 Å². The molecule has 0 fully saturated rings. The van der Waals surface area contributed by atoms with Gasteiger partial charge in [0.15, 0.2) is 0 Å². The molecule has 0 radical (unpaired) electrons. The number of benzene rings is 1. The van der Waals surface area contributed by atoms with E-state index < -0.39 is 0 Å². The summed E-state index contributed by atoms with van der Waals surface area (Å²) in [7, 11) is 0. The molecule has 1 aliphatic rings. The van der Waals surface area contributed by atoms with Crippen LogP contribution >= 0.6 is 0 Å². The second kappa shape index (κ2) is 5.72. The lowest BCUT2D eigenvalue weighted by Crippen LogP contribution is -2.43. The highest BCUT2D eigenvalue weighted by Crippen LogP contribution is 2.23. The van der Waals surface area contributed by atoms with Crippen molar-refractivity contribution in [3.8, 4) is 0 Å². The number of carbonyl (C=O) groups excluding carboxylic acids is 1. The van der Waals surface area contributed by atoms with Crippen molar-refractivity contribution in [1.82, 2.24) is 5.32 Å². The van der Waals surface area contributed by atoms with Crippen molar-refractivity contribution in [2.75, 3.05) is 18.4 Å². The van der Waals surface area contributed by atoms with E-state index in [1.165, 1.54) is 11.1 Å². The first kappa shape index (κ1) is 14.0. The Morgan fingerprint density at radius 2 is 2.16 bits per heavy atom. The quantitative estimate of drug-likeness (QED) is 0.703. The molecule has 0 spiro atoms. The van der Waals surface area contributed by atoms with E-state index in [9.17, 15) is 4.79 Å². The first-order valence-corrected chi connectivity index (χ1v) is 6.85. The number of rotatable bonds is 5. The van der Waals surface area contributed by atoms with Crippen LogP contribution in [0.2, 0.25) is 0 Å². The minimum atomic E-state index is -0.167. The standard InChI is InChI=1S/C15H23N3O/c1-15(2,16)10-17-8-7-11-3-5-13-12(9-11)4-6-14(19)18-13/h3,5,9,17H,4,6-8,10,16H2,1-2H3,(H,18,19). The summed E-state index contributed by atoms with van der Waals surface area (Å²) < 4.78 is 0. The normalized spacial score (nSPS) is 15.0. The van der Waals surface area contributed by atoms with Crippen LogP contribution in [-0.4, -0.2) is 24.5 Å². The van der Waals surface area contributed by atoms with Gasteiger partial charge in [-0.2, -0.15) is 0 Å². The van der Waals surface area contributed by atoms with E-state index in [0.29, 0.717) is 6.42 Å². The fraction of sp³-hybridized carbons (Fsp3) is 0.533. The van der Waals surface area contributed by atoms with Crippen LogP contribution in [0.4, 0.5) is 5.69 Å². The van der Waals surface area contributed by atoms with Crippen LogP contribution in [-0.2, 0) is 17.6 Å². The topological polar surface area (TPSA) is 67.1 Å². The predicted molar refractivity (Wildman–Crippen MR) is 78.2 cm³/mol.